The minimum Gasteiger partial charge on any atom is -0.497 e. The van der Waals surface area contributed by atoms with Gasteiger partial charge in [0, 0.05) is 37.1 Å². The topological polar surface area (TPSA) is 95.4 Å². The van der Waals surface area contributed by atoms with Gasteiger partial charge < -0.3 is 15.0 Å². The number of carbonyl (C=O) groups excluding carboxylic acids is 2. The number of ether oxygens (including phenoxy) is 1. The number of anilines is 1. The highest BCUT2D eigenvalue weighted by molar-refractivity contribution is 6.30. The van der Waals surface area contributed by atoms with Gasteiger partial charge in [0.2, 0.25) is 0 Å². The molecule has 170 valence electrons. The number of Topliss-reactive ketones (excluding diaryl/α,β-unsaturated/α-hetero) is 1. The van der Waals surface area contributed by atoms with Crippen LogP contribution in [0.3, 0.4) is 0 Å². The van der Waals surface area contributed by atoms with E-state index in [1.54, 1.807) is 32.3 Å². The largest absolute Gasteiger partial charge is 0.497 e. The summed E-state index contributed by atoms with van der Waals surface area (Å²) in [7, 11) is 4.80. The third-order valence-corrected chi connectivity index (χ3v) is 5.06. The smallest absolute Gasteiger partial charge is 0.258 e. The van der Waals surface area contributed by atoms with Crippen molar-refractivity contribution < 1.29 is 18.7 Å². The van der Waals surface area contributed by atoms with Crippen molar-refractivity contribution in [2.75, 3.05) is 26.5 Å². The van der Waals surface area contributed by atoms with Crippen LogP contribution in [0, 0.1) is 11.2 Å². The zero-order valence-corrected chi connectivity index (χ0v) is 19.0. The average molecular weight is 469 g/mol. The fraction of sp³-hybridized carbons (Fsp3) is 0.167. The van der Waals surface area contributed by atoms with Crippen LogP contribution in [0.4, 0.5) is 10.1 Å². The van der Waals surface area contributed by atoms with Crippen molar-refractivity contribution in [3.63, 3.8) is 0 Å². The van der Waals surface area contributed by atoms with E-state index in [0.717, 1.165) is 6.07 Å². The molecule has 9 heteroatoms. The first-order valence-electron chi connectivity index (χ1n) is 9.88. The number of rotatable bonds is 7. The Hall–Kier alpha value is -3.78. The van der Waals surface area contributed by atoms with Gasteiger partial charge in [-0.25, -0.2) is 4.39 Å². The summed E-state index contributed by atoms with van der Waals surface area (Å²) in [5.74, 6) is -1.27. The second kappa shape index (κ2) is 10.2. The van der Waals surface area contributed by atoms with Gasteiger partial charge in [0.05, 0.1) is 29.8 Å². The molecular weight excluding hydrogens is 447 g/mol. The summed E-state index contributed by atoms with van der Waals surface area (Å²) in [6.45, 7) is 0. The fourth-order valence-corrected chi connectivity index (χ4v) is 3.17. The minimum absolute atomic E-state index is 0.0249. The van der Waals surface area contributed by atoms with Crippen LogP contribution in [0.2, 0.25) is 5.02 Å². The lowest BCUT2D eigenvalue weighted by molar-refractivity contribution is 0.0992. The summed E-state index contributed by atoms with van der Waals surface area (Å²) in [4.78, 5) is 31.4. The number of methoxy groups -OCH3 is 1. The van der Waals surface area contributed by atoms with Gasteiger partial charge in [0.15, 0.2) is 5.78 Å². The number of nitrogens with zero attached hydrogens (tertiary/aromatic N) is 2. The number of ketones is 1. The van der Waals surface area contributed by atoms with E-state index in [9.17, 15) is 14.0 Å². The highest BCUT2D eigenvalue weighted by Gasteiger charge is 2.19. The van der Waals surface area contributed by atoms with Gasteiger partial charge in [-0.15, -0.1) is 0 Å². The number of carbonyl (C=O) groups is 2. The molecule has 0 aliphatic heterocycles. The number of amides is 1. The summed E-state index contributed by atoms with van der Waals surface area (Å²) < 4.78 is 19.9. The quantitative estimate of drug-likeness (QED) is 0.303. The van der Waals surface area contributed by atoms with Crippen molar-refractivity contribution in [1.29, 1.82) is 5.41 Å². The zero-order chi connectivity index (χ0) is 24.1. The standard InChI is InChI=1S/C24H22ClFN4O3/c1-30(2)23(27)14-4-8-18(20(26)10-14)24(32)29-21-9-7-17(33-3)12-19(21)22(31)11-16-6-5-15(25)13-28-16/h4-10,12-13,27H,11H2,1-3H3,(H,29,32). The van der Waals surface area contributed by atoms with Crippen LogP contribution >= 0.6 is 11.6 Å². The predicted octanol–water partition coefficient (Wildman–Crippen LogP) is 4.45. The molecule has 33 heavy (non-hydrogen) atoms. The molecule has 0 bridgehead atoms. The summed E-state index contributed by atoms with van der Waals surface area (Å²) in [5.41, 5.74) is 1.05. The lowest BCUT2D eigenvalue weighted by atomic mass is 10.0. The molecule has 7 nitrogen and oxygen atoms in total. The minimum atomic E-state index is -0.775. The van der Waals surface area contributed by atoms with Crippen molar-refractivity contribution >= 4 is 34.8 Å². The van der Waals surface area contributed by atoms with E-state index in [-0.39, 0.29) is 34.9 Å². The first kappa shape index (κ1) is 23.9. The van der Waals surface area contributed by atoms with E-state index in [1.807, 2.05) is 0 Å². The molecule has 0 radical (unpaired) electrons. The van der Waals surface area contributed by atoms with Crippen molar-refractivity contribution in [3.8, 4) is 5.75 Å². The molecule has 0 aliphatic carbocycles. The number of halogens is 2. The molecule has 1 amide bonds. The Morgan fingerprint density at radius 2 is 1.88 bits per heavy atom. The van der Waals surface area contributed by atoms with Crippen LogP contribution in [-0.2, 0) is 6.42 Å². The molecule has 0 unspecified atom stereocenters. The summed E-state index contributed by atoms with van der Waals surface area (Å²) in [5, 5.41) is 11.0. The van der Waals surface area contributed by atoms with E-state index < -0.39 is 11.7 Å². The number of aromatic nitrogens is 1. The molecule has 2 aromatic carbocycles. The van der Waals surface area contributed by atoms with E-state index >= 15 is 0 Å². The number of benzene rings is 2. The number of hydrogen-bond donors (Lipinski definition) is 2. The van der Waals surface area contributed by atoms with E-state index in [2.05, 4.69) is 10.3 Å². The van der Waals surface area contributed by atoms with Crippen molar-refractivity contribution in [3.05, 3.63) is 88.0 Å². The number of amidine groups is 1. The molecule has 0 atom stereocenters. The molecule has 0 fully saturated rings. The van der Waals surface area contributed by atoms with E-state index in [4.69, 9.17) is 21.7 Å². The van der Waals surface area contributed by atoms with Gasteiger partial charge in [-0.05, 0) is 42.5 Å². The number of hydrogen-bond acceptors (Lipinski definition) is 5. The second-order valence-electron chi connectivity index (χ2n) is 7.37. The maximum Gasteiger partial charge on any atom is 0.258 e. The highest BCUT2D eigenvalue weighted by Crippen LogP contribution is 2.25. The van der Waals surface area contributed by atoms with E-state index in [0.29, 0.717) is 22.0 Å². The Kier molecular flexibility index (Phi) is 7.40. The Morgan fingerprint density at radius 3 is 2.48 bits per heavy atom. The fourth-order valence-electron chi connectivity index (χ4n) is 3.06. The number of pyridine rings is 1. The summed E-state index contributed by atoms with van der Waals surface area (Å²) in [6, 6.07) is 11.8. The third kappa shape index (κ3) is 5.72. The van der Waals surface area contributed by atoms with Gasteiger partial charge in [-0.2, -0.15) is 0 Å². The summed E-state index contributed by atoms with van der Waals surface area (Å²) in [6.07, 6.45) is 1.42. The van der Waals surface area contributed by atoms with Gasteiger partial charge in [-0.1, -0.05) is 17.7 Å². The van der Waals surface area contributed by atoms with Gasteiger partial charge in [0.1, 0.15) is 17.4 Å². The molecular formula is C24H22ClFN4O3. The first-order chi connectivity index (χ1) is 15.7. The monoisotopic (exact) mass is 468 g/mol. The van der Waals surface area contributed by atoms with Gasteiger partial charge in [0.25, 0.3) is 5.91 Å². The van der Waals surface area contributed by atoms with Crippen LogP contribution in [0.5, 0.6) is 5.75 Å². The zero-order valence-electron chi connectivity index (χ0n) is 18.3. The number of nitrogens with one attached hydrogen (secondary N) is 2. The molecule has 1 heterocycles. The molecule has 3 rings (SSSR count). The maximum absolute atomic E-state index is 14.6. The van der Waals surface area contributed by atoms with Gasteiger partial charge >= 0.3 is 0 Å². The molecule has 0 aliphatic rings. The average Bonchev–Trinajstić information content (AvgIpc) is 2.79. The molecule has 0 saturated heterocycles. The van der Waals surface area contributed by atoms with Crippen LogP contribution in [0.1, 0.15) is 32.0 Å². The molecule has 3 aromatic rings. The van der Waals surface area contributed by atoms with Crippen LogP contribution in [0.25, 0.3) is 0 Å². The highest BCUT2D eigenvalue weighted by atomic mass is 35.5. The van der Waals surface area contributed by atoms with Crippen molar-refractivity contribution in [2.24, 2.45) is 0 Å². The third-order valence-electron chi connectivity index (χ3n) is 4.84. The van der Waals surface area contributed by atoms with Crippen LogP contribution < -0.4 is 10.1 Å². The molecule has 0 spiro atoms. The Bertz CT molecular complexity index is 1210. The Balaban J connectivity index is 1.87. The second-order valence-corrected chi connectivity index (χ2v) is 7.81. The predicted molar refractivity (Wildman–Crippen MR) is 125 cm³/mol. The van der Waals surface area contributed by atoms with Crippen molar-refractivity contribution in [2.45, 2.75) is 6.42 Å². The Morgan fingerprint density at radius 1 is 1.12 bits per heavy atom. The summed E-state index contributed by atoms with van der Waals surface area (Å²) >= 11 is 5.84. The maximum atomic E-state index is 14.6. The molecule has 0 saturated carbocycles. The SMILES string of the molecule is COc1ccc(NC(=O)c2ccc(C(=N)N(C)C)cc2F)c(C(=O)Cc2ccc(Cl)cn2)c1. The van der Waals surface area contributed by atoms with E-state index in [1.165, 1.54) is 42.5 Å². The lowest BCUT2D eigenvalue weighted by Gasteiger charge is -2.15. The normalized spacial score (nSPS) is 10.5. The van der Waals surface area contributed by atoms with Crippen LogP contribution in [0.15, 0.2) is 54.7 Å². The van der Waals surface area contributed by atoms with Gasteiger partial charge in [-0.3, -0.25) is 20.0 Å². The Labute approximate surface area is 195 Å². The van der Waals surface area contributed by atoms with Crippen LogP contribution in [-0.4, -0.2) is 48.6 Å². The molecule has 2 N–H and O–H groups in total. The lowest BCUT2D eigenvalue weighted by Crippen LogP contribution is -2.22. The first-order valence-corrected chi connectivity index (χ1v) is 10.3. The molecule has 1 aromatic heterocycles. The van der Waals surface area contributed by atoms with Crippen molar-refractivity contribution in [1.82, 2.24) is 9.88 Å².